The zero-order chi connectivity index (χ0) is 13.1. The highest BCUT2D eigenvalue weighted by Gasteiger charge is 2.26. The number of hydrogen-bond acceptors (Lipinski definition) is 5. The second kappa shape index (κ2) is 5.26. The Balaban J connectivity index is 1.99. The third-order valence-electron chi connectivity index (χ3n) is 2.85. The van der Waals surface area contributed by atoms with Gasteiger partial charge in [0.2, 0.25) is 5.28 Å². The van der Waals surface area contributed by atoms with E-state index in [1.165, 1.54) is 6.20 Å². The lowest BCUT2D eigenvalue weighted by Gasteiger charge is -2.18. The molecular formula is C10H13ClN4O3. The minimum Gasteiger partial charge on any atom is -0.503 e. The van der Waals surface area contributed by atoms with E-state index in [1.54, 1.807) is 0 Å². The minimum absolute atomic E-state index is 0.0220. The van der Waals surface area contributed by atoms with E-state index in [-0.39, 0.29) is 17.0 Å². The van der Waals surface area contributed by atoms with Crippen molar-refractivity contribution < 1.29 is 15.0 Å². The summed E-state index contributed by atoms with van der Waals surface area (Å²) in [6, 6.07) is 0. The van der Waals surface area contributed by atoms with Gasteiger partial charge in [-0.25, -0.2) is 9.78 Å². The highest BCUT2D eigenvalue weighted by atomic mass is 35.5. The van der Waals surface area contributed by atoms with Crippen LogP contribution in [0, 0.1) is 5.92 Å². The lowest BCUT2D eigenvalue weighted by molar-refractivity contribution is 0.192. The van der Waals surface area contributed by atoms with Crippen LogP contribution in [0.2, 0.25) is 5.28 Å². The Hall–Kier alpha value is -1.76. The van der Waals surface area contributed by atoms with Crippen molar-refractivity contribution in [3.8, 4) is 5.75 Å². The molecule has 1 aromatic heterocycles. The summed E-state index contributed by atoms with van der Waals surface area (Å²) in [4.78, 5) is 19.9. The van der Waals surface area contributed by atoms with Crippen LogP contribution >= 0.6 is 11.6 Å². The van der Waals surface area contributed by atoms with Crippen molar-refractivity contribution in [2.75, 3.05) is 24.5 Å². The molecule has 1 fully saturated rings. The Kier molecular flexibility index (Phi) is 3.71. The molecule has 0 saturated carbocycles. The number of aromatic hydroxyl groups is 1. The first-order valence-corrected chi connectivity index (χ1v) is 5.87. The summed E-state index contributed by atoms with van der Waals surface area (Å²) in [5.74, 6) is 0.577. The van der Waals surface area contributed by atoms with Crippen molar-refractivity contribution in [3.63, 3.8) is 0 Å². The molecular weight excluding hydrogens is 260 g/mol. The van der Waals surface area contributed by atoms with Crippen LogP contribution < -0.4 is 10.2 Å². The third-order valence-corrected chi connectivity index (χ3v) is 3.03. The monoisotopic (exact) mass is 272 g/mol. The van der Waals surface area contributed by atoms with Crippen LogP contribution in [0.4, 0.5) is 10.6 Å². The van der Waals surface area contributed by atoms with Gasteiger partial charge in [-0.1, -0.05) is 0 Å². The molecule has 0 spiro atoms. The van der Waals surface area contributed by atoms with Crippen molar-refractivity contribution in [1.29, 1.82) is 0 Å². The fourth-order valence-electron chi connectivity index (χ4n) is 2.00. The topological polar surface area (TPSA) is 98.6 Å². The molecule has 98 valence electrons. The fraction of sp³-hybridized carbons (Fsp3) is 0.500. The predicted molar refractivity (Wildman–Crippen MR) is 65.1 cm³/mol. The van der Waals surface area contributed by atoms with Gasteiger partial charge in [0.1, 0.15) is 0 Å². The number of amides is 1. The van der Waals surface area contributed by atoms with E-state index in [4.69, 9.17) is 16.7 Å². The lowest BCUT2D eigenvalue weighted by atomic mass is 10.1. The predicted octanol–water partition coefficient (Wildman–Crippen LogP) is 0.929. The van der Waals surface area contributed by atoms with Crippen molar-refractivity contribution in [1.82, 2.24) is 15.3 Å². The molecule has 0 bridgehead atoms. The molecule has 3 N–H and O–H groups in total. The van der Waals surface area contributed by atoms with Crippen LogP contribution in [-0.2, 0) is 0 Å². The van der Waals surface area contributed by atoms with Gasteiger partial charge in [0.05, 0.1) is 6.20 Å². The standard InChI is InChI=1S/C10H13ClN4O3/c11-9-12-4-7(16)8(14-9)15-2-1-6(5-15)3-13-10(17)18/h4,6,13,16H,1-3,5H2,(H,17,18). The highest BCUT2D eigenvalue weighted by Crippen LogP contribution is 2.29. The second-order valence-corrected chi connectivity index (χ2v) is 4.47. The summed E-state index contributed by atoms with van der Waals surface area (Å²) >= 11 is 5.68. The van der Waals surface area contributed by atoms with E-state index >= 15 is 0 Å². The van der Waals surface area contributed by atoms with Crippen molar-refractivity contribution in [2.45, 2.75) is 6.42 Å². The van der Waals surface area contributed by atoms with E-state index in [2.05, 4.69) is 15.3 Å². The first-order chi connectivity index (χ1) is 8.56. The number of halogens is 1. The quantitative estimate of drug-likeness (QED) is 0.708. The van der Waals surface area contributed by atoms with Crippen molar-refractivity contribution >= 4 is 23.5 Å². The average molecular weight is 273 g/mol. The van der Waals surface area contributed by atoms with Gasteiger partial charge in [0.15, 0.2) is 11.6 Å². The molecule has 8 heteroatoms. The summed E-state index contributed by atoms with van der Waals surface area (Å²) < 4.78 is 0. The molecule has 2 heterocycles. The van der Waals surface area contributed by atoms with Gasteiger partial charge in [0, 0.05) is 19.6 Å². The average Bonchev–Trinajstić information content (AvgIpc) is 2.78. The first-order valence-electron chi connectivity index (χ1n) is 5.49. The Morgan fingerprint density at radius 3 is 3.17 bits per heavy atom. The number of aromatic nitrogens is 2. The normalized spacial score (nSPS) is 18.9. The van der Waals surface area contributed by atoms with E-state index in [1.807, 2.05) is 4.90 Å². The maximum atomic E-state index is 10.4. The molecule has 0 aliphatic carbocycles. The molecule has 0 radical (unpaired) electrons. The zero-order valence-electron chi connectivity index (χ0n) is 9.51. The third kappa shape index (κ3) is 2.92. The molecule has 1 aromatic rings. The highest BCUT2D eigenvalue weighted by molar-refractivity contribution is 6.28. The summed E-state index contributed by atoms with van der Waals surface area (Å²) in [6.45, 7) is 1.72. The van der Waals surface area contributed by atoms with E-state index in [0.29, 0.717) is 25.5 Å². The SMILES string of the molecule is O=C(O)NCC1CCN(c2nc(Cl)ncc2O)C1. The second-order valence-electron chi connectivity index (χ2n) is 4.13. The molecule has 1 aliphatic heterocycles. The molecule has 1 unspecified atom stereocenters. The Morgan fingerprint density at radius 1 is 1.67 bits per heavy atom. The summed E-state index contributed by atoms with van der Waals surface area (Å²) in [7, 11) is 0. The molecule has 1 aliphatic rings. The summed E-state index contributed by atoms with van der Waals surface area (Å²) in [6.07, 6.45) is 1.07. The van der Waals surface area contributed by atoms with Crippen LogP contribution in [0.3, 0.4) is 0 Å². The zero-order valence-corrected chi connectivity index (χ0v) is 10.3. The largest absolute Gasteiger partial charge is 0.503 e. The molecule has 18 heavy (non-hydrogen) atoms. The van der Waals surface area contributed by atoms with Crippen molar-refractivity contribution in [3.05, 3.63) is 11.5 Å². The smallest absolute Gasteiger partial charge is 0.404 e. The molecule has 1 amide bonds. The maximum Gasteiger partial charge on any atom is 0.404 e. The Bertz CT molecular complexity index is 457. The van der Waals surface area contributed by atoms with Crippen LogP contribution in [-0.4, -0.2) is 45.9 Å². The van der Waals surface area contributed by atoms with Gasteiger partial charge in [-0.05, 0) is 23.9 Å². The fourth-order valence-corrected chi connectivity index (χ4v) is 2.13. The number of carboxylic acid groups (broad SMARTS) is 1. The van der Waals surface area contributed by atoms with Gasteiger partial charge < -0.3 is 20.4 Å². The number of anilines is 1. The van der Waals surface area contributed by atoms with E-state index in [9.17, 15) is 9.90 Å². The lowest BCUT2D eigenvalue weighted by Crippen LogP contribution is -2.30. The maximum absolute atomic E-state index is 10.4. The van der Waals surface area contributed by atoms with E-state index < -0.39 is 6.09 Å². The number of carbonyl (C=O) groups is 1. The first kappa shape index (κ1) is 12.7. The molecule has 7 nitrogen and oxygen atoms in total. The number of nitrogens with zero attached hydrogens (tertiary/aromatic N) is 3. The van der Waals surface area contributed by atoms with Gasteiger partial charge >= 0.3 is 6.09 Å². The molecule has 2 rings (SSSR count). The van der Waals surface area contributed by atoms with E-state index in [0.717, 1.165) is 6.42 Å². The van der Waals surface area contributed by atoms with Crippen LogP contribution in [0.15, 0.2) is 6.20 Å². The van der Waals surface area contributed by atoms with Gasteiger partial charge in [-0.3, -0.25) is 0 Å². The minimum atomic E-state index is -1.03. The van der Waals surface area contributed by atoms with Gasteiger partial charge in [-0.15, -0.1) is 0 Å². The van der Waals surface area contributed by atoms with Gasteiger partial charge in [0.25, 0.3) is 0 Å². The molecule has 0 aromatic carbocycles. The van der Waals surface area contributed by atoms with Crippen LogP contribution in [0.5, 0.6) is 5.75 Å². The van der Waals surface area contributed by atoms with Crippen molar-refractivity contribution in [2.24, 2.45) is 5.92 Å². The summed E-state index contributed by atoms with van der Waals surface area (Å²) in [5, 5.41) is 20.6. The number of rotatable bonds is 3. The number of nitrogens with one attached hydrogen (secondary N) is 1. The van der Waals surface area contributed by atoms with Gasteiger partial charge in [-0.2, -0.15) is 4.98 Å². The number of hydrogen-bond donors (Lipinski definition) is 3. The molecule has 1 saturated heterocycles. The van der Waals surface area contributed by atoms with Crippen LogP contribution in [0.25, 0.3) is 0 Å². The molecule has 1 atom stereocenters. The Morgan fingerprint density at radius 2 is 2.44 bits per heavy atom. The summed E-state index contributed by atoms with van der Waals surface area (Å²) in [5.41, 5.74) is 0. The Labute approximate surface area is 108 Å². The van der Waals surface area contributed by atoms with Crippen LogP contribution in [0.1, 0.15) is 6.42 Å².